The monoisotopic (exact) mass is 505 g/mol. The zero-order valence-electron chi connectivity index (χ0n) is 22.7. The van der Waals surface area contributed by atoms with Gasteiger partial charge in [-0.1, -0.05) is 63.4 Å². The summed E-state index contributed by atoms with van der Waals surface area (Å²) in [5, 5.41) is 0. The van der Waals surface area contributed by atoms with Crippen molar-refractivity contribution in [2.75, 3.05) is 18.1 Å². The summed E-state index contributed by atoms with van der Waals surface area (Å²) in [7, 11) is 0. The second-order valence-corrected chi connectivity index (χ2v) is 10.5. The van der Waals surface area contributed by atoms with E-state index in [1.165, 1.54) is 0 Å². The third-order valence-electron chi connectivity index (χ3n) is 6.44. The van der Waals surface area contributed by atoms with Crippen LogP contribution in [0.25, 0.3) is 5.57 Å². The number of hydrogen-bond acceptors (Lipinski definition) is 6. The minimum Gasteiger partial charge on any atom is -0.462 e. The second kappa shape index (κ2) is 12.7. The van der Waals surface area contributed by atoms with Crippen LogP contribution in [0.5, 0.6) is 0 Å². The fourth-order valence-electron chi connectivity index (χ4n) is 4.34. The largest absolute Gasteiger partial charge is 0.462 e. The van der Waals surface area contributed by atoms with E-state index >= 15 is 0 Å². The average molecular weight is 506 g/mol. The van der Waals surface area contributed by atoms with Crippen molar-refractivity contribution in [1.29, 1.82) is 0 Å². The number of carbonyl (C=O) groups excluding carboxylic acids is 3. The van der Waals surface area contributed by atoms with Gasteiger partial charge in [0.15, 0.2) is 0 Å². The number of esters is 2. The van der Waals surface area contributed by atoms with Crippen LogP contribution >= 0.6 is 0 Å². The van der Waals surface area contributed by atoms with Crippen LogP contribution in [0.1, 0.15) is 81.8 Å². The van der Waals surface area contributed by atoms with Crippen molar-refractivity contribution in [3.63, 3.8) is 0 Å². The molecule has 1 aliphatic heterocycles. The lowest BCUT2D eigenvalue weighted by Gasteiger charge is -2.21. The molecule has 0 radical (unpaired) electrons. The predicted molar refractivity (Wildman–Crippen MR) is 146 cm³/mol. The Bertz CT molecular complexity index is 1130. The van der Waals surface area contributed by atoms with E-state index in [9.17, 15) is 14.4 Å². The topological polar surface area (TPSA) is 72.9 Å². The Labute approximate surface area is 220 Å². The summed E-state index contributed by atoms with van der Waals surface area (Å²) in [4.78, 5) is 40.4. The molecule has 0 spiro atoms. The number of anilines is 1. The van der Waals surface area contributed by atoms with Crippen molar-refractivity contribution in [3.8, 4) is 0 Å². The molecule has 2 aromatic carbocycles. The number of fused-ring (bicyclic) bond motifs is 1. The van der Waals surface area contributed by atoms with Crippen LogP contribution in [0, 0.1) is 5.92 Å². The van der Waals surface area contributed by atoms with Gasteiger partial charge >= 0.3 is 11.9 Å². The van der Waals surface area contributed by atoms with Crippen molar-refractivity contribution in [3.05, 3.63) is 71.4 Å². The number of unbranched alkanes of at least 4 members (excludes halogenated alkanes) is 1. The molecule has 198 valence electrons. The summed E-state index contributed by atoms with van der Waals surface area (Å²) in [5.74, 6) is -1.50. The zero-order valence-corrected chi connectivity index (χ0v) is 22.7. The fourth-order valence-corrected chi connectivity index (χ4v) is 4.34. The molecule has 0 aromatic heterocycles. The Morgan fingerprint density at radius 3 is 2.41 bits per heavy atom. The summed E-state index contributed by atoms with van der Waals surface area (Å²) in [6, 6.07) is 14.6. The summed E-state index contributed by atoms with van der Waals surface area (Å²) < 4.78 is 11.0. The lowest BCUT2D eigenvalue weighted by molar-refractivity contribution is -0.160. The number of carbonyl (C=O) groups is 3. The molecule has 0 fully saturated rings. The fraction of sp³-hybridized carbons (Fsp3) is 0.452. The van der Waals surface area contributed by atoms with Gasteiger partial charge in [0.2, 0.25) is 0 Å². The number of ketones is 1. The summed E-state index contributed by atoms with van der Waals surface area (Å²) >= 11 is 0. The minimum absolute atomic E-state index is 0.267. The molecular formula is C31H39NO5. The number of benzene rings is 2. The Morgan fingerprint density at radius 1 is 1.03 bits per heavy atom. The third kappa shape index (κ3) is 7.78. The molecule has 3 rings (SSSR count). The smallest absolute Gasteiger partial charge is 0.380 e. The standard InChI is InChI=1S/C31H39NO5/c1-6-8-12-22(7-2)21-36-29(34)25-15-16-27-24(19-25)17-18-32(27)20-26(23-13-10-9-11-14-23)28(33)30(35)37-31(3,4)5/h9-11,13-16,19-20,22H,6-8,12,17-18,21H2,1-5H3/b26-20+. The van der Waals surface area contributed by atoms with Crippen molar-refractivity contribution >= 4 is 29.0 Å². The highest BCUT2D eigenvalue weighted by molar-refractivity contribution is 6.51. The number of nitrogens with zero attached hydrogens (tertiary/aromatic N) is 1. The van der Waals surface area contributed by atoms with E-state index in [1.54, 1.807) is 45.2 Å². The van der Waals surface area contributed by atoms with Crippen LogP contribution in [0.2, 0.25) is 0 Å². The molecule has 6 nitrogen and oxygen atoms in total. The maximum atomic E-state index is 13.2. The summed E-state index contributed by atoms with van der Waals surface area (Å²) in [6.07, 6.45) is 6.76. The maximum Gasteiger partial charge on any atom is 0.380 e. The zero-order chi connectivity index (χ0) is 27.0. The predicted octanol–water partition coefficient (Wildman–Crippen LogP) is 6.37. The van der Waals surface area contributed by atoms with Gasteiger partial charge in [0.25, 0.3) is 5.78 Å². The molecule has 0 saturated heterocycles. The SMILES string of the molecule is CCCCC(CC)COC(=O)c1ccc2c(c1)CCN2/C=C(/C(=O)C(=O)OC(C)(C)C)c1ccccc1. The van der Waals surface area contributed by atoms with Gasteiger partial charge in [0.05, 0.1) is 17.7 Å². The Morgan fingerprint density at radius 2 is 1.76 bits per heavy atom. The Hall–Kier alpha value is -3.41. The number of hydrogen-bond donors (Lipinski definition) is 0. The first-order valence-electron chi connectivity index (χ1n) is 13.2. The lowest BCUT2D eigenvalue weighted by Crippen LogP contribution is -2.30. The molecule has 1 unspecified atom stereocenters. The van der Waals surface area contributed by atoms with E-state index in [1.807, 2.05) is 35.2 Å². The molecule has 0 N–H and O–H groups in total. The normalized spacial score (nSPS) is 14.2. The number of ether oxygens (including phenoxy) is 2. The van der Waals surface area contributed by atoms with E-state index in [2.05, 4.69) is 13.8 Å². The van der Waals surface area contributed by atoms with Gasteiger partial charge in [-0.3, -0.25) is 4.79 Å². The van der Waals surface area contributed by atoms with Crippen LogP contribution in [0.4, 0.5) is 5.69 Å². The van der Waals surface area contributed by atoms with E-state index in [0.717, 1.165) is 36.9 Å². The Balaban J connectivity index is 1.80. The molecule has 0 saturated carbocycles. The van der Waals surface area contributed by atoms with Gasteiger partial charge in [0.1, 0.15) is 5.60 Å². The minimum atomic E-state index is -0.885. The quantitative estimate of drug-likeness (QED) is 0.201. The van der Waals surface area contributed by atoms with E-state index in [4.69, 9.17) is 9.47 Å². The van der Waals surface area contributed by atoms with Crippen molar-refractivity contribution in [2.45, 2.75) is 72.3 Å². The average Bonchev–Trinajstić information content (AvgIpc) is 3.28. The van der Waals surface area contributed by atoms with E-state index in [0.29, 0.717) is 36.6 Å². The first kappa shape index (κ1) is 28.2. The van der Waals surface area contributed by atoms with Crippen molar-refractivity contribution in [1.82, 2.24) is 0 Å². The molecule has 2 aromatic rings. The molecule has 0 amide bonds. The first-order valence-corrected chi connectivity index (χ1v) is 13.2. The molecular weight excluding hydrogens is 466 g/mol. The number of rotatable bonds is 11. The van der Waals surface area contributed by atoms with Crippen LogP contribution in [0.15, 0.2) is 54.7 Å². The summed E-state index contributed by atoms with van der Waals surface area (Å²) in [5.41, 5.74) is 2.57. The molecule has 6 heteroatoms. The molecule has 1 atom stereocenters. The van der Waals surface area contributed by atoms with Crippen LogP contribution < -0.4 is 4.90 Å². The van der Waals surface area contributed by atoms with Crippen LogP contribution in [-0.4, -0.2) is 36.5 Å². The highest BCUT2D eigenvalue weighted by atomic mass is 16.6. The molecule has 0 bridgehead atoms. The summed E-state index contributed by atoms with van der Waals surface area (Å²) in [6.45, 7) is 10.6. The third-order valence-corrected chi connectivity index (χ3v) is 6.44. The highest BCUT2D eigenvalue weighted by Gasteiger charge is 2.29. The number of Topliss-reactive ketones (excluding diaryl/α,β-unsaturated/α-hetero) is 1. The van der Waals surface area contributed by atoms with E-state index in [-0.39, 0.29) is 11.5 Å². The molecule has 1 aliphatic rings. The van der Waals surface area contributed by atoms with Crippen LogP contribution in [0.3, 0.4) is 0 Å². The first-order chi connectivity index (χ1) is 17.6. The van der Waals surface area contributed by atoms with E-state index < -0.39 is 17.4 Å². The molecule has 0 aliphatic carbocycles. The second-order valence-electron chi connectivity index (χ2n) is 10.5. The maximum absolute atomic E-state index is 13.2. The van der Waals surface area contributed by atoms with Crippen molar-refractivity contribution < 1.29 is 23.9 Å². The Kier molecular flexibility index (Phi) is 9.67. The highest BCUT2D eigenvalue weighted by Crippen LogP contribution is 2.31. The van der Waals surface area contributed by atoms with Gasteiger partial charge in [-0.2, -0.15) is 0 Å². The van der Waals surface area contributed by atoms with Gasteiger partial charge in [0, 0.05) is 18.4 Å². The van der Waals surface area contributed by atoms with Crippen molar-refractivity contribution in [2.24, 2.45) is 5.92 Å². The van der Waals surface area contributed by atoms with Gasteiger partial charge < -0.3 is 14.4 Å². The van der Waals surface area contributed by atoms with Crippen LogP contribution in [-0.2, 0) is 25.5 Å². The molecule has 37 heavy (non-hydrogen) atoms. The lowest BCUT2D eigenvalue weighted by atomic mass is 10.0. The van der Waals surface area contributed by atoms with Gasteiger partial charge in [-0.25, -0.2) is 9.59 Å². The molecule has 1 heterocycles. The van der Waals surface area contributed by atoms with Gasteiger partial charge in [-0.05, 0) is 68.9 Å². The van der Waals surface area contributed by atoms with Gasteiger partial charge in [-0.15, -0.1) is 0 Å².